The first-order chi connectivity index (χ1) is 8.08. The van der Waals surface area contributed by atoms with E-state index >= 15 is 0 Å². The van der Waals surface area contributed by atoms with E-state index in [0.29, 0.717) is 11.6 Å². The predicted molar refractivity (Wildman–Crippen MR) is 60.4 cm³/mol. The molecular formula is C12H14N2O3. The summed E-state index contributed by atoms with van der Waals surface area (Å²) >= 11 is 0. The maximum Gasteiger partial charge on any atom is 0.332 e. The van der Waals surface area contributed by atoms with E-state index in [1.165, 1.54) is 14.0 Å². The van der Waals surface area contributed by atoms with Crippen LogP contribution in [-0.2, 0) is 14.9 Å². The molecular weight excluding hydrogens is 220 g/mol. The van der Waals surface area contributed by atoms with Gasteiger partial charge in [0, 0.05) is 6.07 Å². The summed E-state index contributed by atoms with van der Waals surface area (Å²) in [5.41, 5.74) is -1.09. The number of nitrogens with zero attached hydrogens (tertiary/aromatic N) is 2. The maximum absolute atomic E-state index is 11.8. The molecule has 0 aromatic carbocycles. The van der Waals surface area contributed by atoms with Crippen LogP contribution in [0.1, 0.15) is 19.5 Å². The van der Waals surface area contributed by atoms with Crippen LogP contribution < -0.4 is 4.74 Å². The monoisotopic (exact) mass is 234 g/mol. The molecule has 1 rings (SSSR count). The van der Waals surface area contributed by atoms with Crippen LogP contribution in [0.2, 0.25) is 0 Å². The minimum atomic E-state index is -1.41. The van der Waals surface area contributed by atoms with Gasteiger partial charge < -0.3 is 9.47 Å². The lowest BCUT2D eigenvalue weighted by atomic mass is 9.88. The molecule has 90 valence electrons. The van der Waals surface area contributed by atoms with Gasteiger partial charge in [-0.25, -0.2) is 9.78 Å². The summed E-state index contributed by atoms with van der Waals surface area (Å²) in [6.45, 7) is 3.39. The number of aromatic nitrogens is 1. The van der Waals surface area contributed by atoms with Crippen molar-refractivity contribution in [3.8, 4) is 11.9 Å². The average molecular weight is 234 g/mol. The molecule has 0 spiro atoms. The minimum Gasteiger partial charge on any atom is -0.481 e. The highest BCUT2D eigenvalue weighted by atomic mass is 16.5. The Morgan fingerprint density at radius 1 is 1.59 bits per heavy atom. The van der Waals surface area contributed by atoms with E-state index in [0.717, 1.165) is 0 Å². The summed E-state index contributed by atoms with van der Waals surface area (Å²) < 4.78 is 9.85. The molecule has 5 heteroatoms. The zero-order valence-corrected chi connectivity index (χ0v) is 10.1. The van der Waals surface area contributed by atoms with Crippen LogP contribution in [0.3, 0.4) is 0 Å². The zero-order chi connectivity index (χ0) is 12.9. The number of esters is 1. The second-order valence-electron chi connectivity index (χ2n) is 3.52. The minimum absolute atomic E-state index is 0.222. The Hall–Kier alpha value is -2.09. The van der Waals surface area contributed by atoms with Crippen LogP contribution in [-0.4, -0.2) is 24.7 Å². The molecule has 17 heavy (non-hydrogen) atoms. The quantitative estimate of drug-likeness (QED) is 0.737. The molecule has 1 unspecified atom stereocenters. The molecule has 0 aliphatic heterocycles. The SMILES string of the molecule is CCOC(=O)C(C)(C#N)c1cccc(OC)n1. The van der Waals surface area contributed by atoms with Crippen molar-refractivity contribution in [1.29, 1.82) is 5.26 Å². The Bertz CT molecular complexity index is 453. The molecule has 0 fully saturated rings. The fraction of sp³-hybridized carbons (Fsp3) is 0.417. The molecule has 1 atom stereocenters. The van der Waals surface area contributed by atoms with Gasteiger partial charge in [0.15, 0.2) is 5.41 Å². The van der Waals surface area contributed by atoms with Gasteiger partial charge in [-0.3, -0.25) is 0 Å². The topological polar surface area (TPSA) is 72.2 Å². The fourth-order valence-corrected chi connectivity index (χ4v) is 1.29. The summed E-state index contributed by atoms with van der Waals surface area (Å²) in [6, 6.07) is 6.86. The third kappa shape index (κ3) is 2.53. The first-order valence-electron chi connectivity index (χ1n) is 5.18. The van der Waals surface area contributed by atoms with Gasteiger partial charge in [0.05, 0.1) is 25.5 Å². The number of hydrogen-bond acceptors (Lipinski definition) is 5. The number of carbonyl (C=O) groups excluding carboxylic acids is 1. The number of nitriles is 1. The van der Waals surface area contributed by atoms with Crippen LogP contribution in [0, 0.1) is 11.3 Å². The number of pyridine rings is 1. The highest BCUT2D eigenvalue weighted by molar-refractivity contribution is 5.85. The van der Waals surface area contributed by atoms with E-state index in [-0.39, 0.29) is 6.61 Å². The first kappa shape index (κ1) is 13.0. The Morgan fingerprint density at radius 2 is 2.29 bits per heavy atom. The third-order valence-electron chi connectivity index (χ3n) is 2.35. The smallest absolute Gasteiger partial charge is 0.332 e. The lowest BCUT2D eigenvalue weighted by Crippen LogP contribution is -2.33. The lowest BCUT2D eigenvalue weighted by Gasteiger charge is -2.18. The van der Waals surface area contributed by atoms with Gasteiger partial charge in [-0.1, -0.05) is 6.07 Å². The van der Waals surface area contributed by atoms with Crippen LogP contribution in [0.25, 0.3) is 0 Å². The molecule has 0 aliphatic rings. The molecule has 1 aromatic rings. The normalized spacial score (nSPS) is 13.3. The van der Waals surface area contributed by atoms with Gasteiger partial charge >= 0.3 is 5.97 Å². The summed E-state index contributed by atoms with van der Waals surface area (Å²) in [4.78, 5) is 15.9. The van der Waals surface area contributed by atoms with Gasteiger partial charge in [-0.15, -0.1) is 0 Å². The van der Waals surface area contributed by atoms with Gasteiger partial charge in [0.2, 0.25) is 5.88 Å². The Labute approximate surface area is 100.0 Å². The van der Waals surface area contributed by atoms with Gasteiger partial charge in [0.25, 0.3) is 0 Å². The summed E-state index contributed by atoms with van der Waals surface area (Å²) in [5.74, 6) is -0.253. The van der Waals surface area contributed by atoms with E-state index in [1.807, 2.05) is 6.07 Å². The molecule has 5 nitrogen and oxygen atoms in total. The number of carbonyl (C=O) groups is 1. The lowest BCUT2D eigenvalue weighted by molar-refractivity contribution is -0.147. The van der Waals surface area contributed by atoms with Crippen molar-refractivity contribution in [3.05, 3.63) is 23.9 Å². The standard InChI is InChI=1S/C12H14N2O3/c1-4-17-11(15)12(2,8-13)9-6-5-7-10(14-9)16-3/h5-7H,4H2,1-3H3. The van der Waals surface area contributed by atoms with Crippen molar-refractivity contribution in [2.75, 3.05) is 13.7 Å². The summed E-state index contributed by atoms with van der Waals surface area (Å²) in [6.07, 6.45) is 0. The van der Waals surface area contributed by atoms with E-state index in [1.54, 1.807) is 25.1 Å². The molecule has 0 saturated carbocycles. The van der Waals surface area contributed by atoms with Crippen molar-refractivity contribution < 1.29 is 14.3 Å². The van der Waals surface area contributed by atoms with Gasteiger partial charge in [-0.05, 0) is 19.9 Å². The number of methoxy groups -OCH3 is 1. The van der Waals surface area contributed by atoms with E-state index in [9.17, 15) is 4.79 Å². The van der Waals surface area contributed by atoms with Crippen molar-refractivity contribution in [3.63, 3.8) is 0 Å². The molecule has 1 heterocycles. The maximum atomic E-state index is 11.8. The average Bonchev–Trinajstić information content (AvgIpc) is 2.38. The van der Waals surface area contributed by atoms with Crippen LogP contribution in [0.5, 0.6) is 5.88 Å². The van der Waals surface area contributed by atoms with Crippen LogP contribution >= 0.6 is 0 Å². The highest BCUT2D eigenvalue weighted by Crippen LogP contribution is 2.24. The van der Waals surface area contributed by atoms with Crippen molar-refractivity contribution in [2.45, 2.75) is 19.3 Å². The van der Waals surface area contributed by atoms with Crippen molar-refractivity contribution in [1.82, 2.24) is 4.98 Å². The summed E-state index contributed by atoms with van der Waals surface area (Å²) in [7, 11) is 1.47. The number of rotatable bonds is 4. The molecule has 0 N–H and O–H groups in total. The molecule has 0 bridgehead atoms. The van der Waals surface area contributed by atoms with E-state index in [4.69, 9.17) is 14.7 Å². The fourth-order valence-electron chi connectivity index (χ4n) is 1.29. The molecule has 0 aliphatic carbocycles. The predicted octanol–water partition coefficient (Wildman–Crippen LogP) is 1.43. The van der Waals surface area contributed by atoms with E-state index < -0.39 is 11.4 Å². The Kier molecular flexibility index (Phi) is 4.05. The molecule has 0 radical (unpaired) electrons. The number of ether oxygens (including phenoxy) is 2. The second-order valence-corrected chi connectivity index (χ2v) is 3.52. The van der Waals surface area contributed by atoms with Gasteiger partial charge in [-0.2, -0.15) is 5.26 Å². The third-order valence-corrected chi connectivity index (χ3v) is 2.35. The number of hydrogen-bond donors (Lipinski definition) is 0. The largest absolute Gasteiger partial charge is 0.481 e. The van der Waals surface area contributed by atoms with Crippen LogP contribution in [0.4, 0.5) is 0 Å². The summed E-state index contributed by atoms with van der Waals surface area (Å²) in [5, 5.41) is 9.17. The van der Waals surface area contributed by atoms with Crippen molar-refractivity contribution in [2.24, 2.45) is 0 Å². The molecule has 0 amide bonds. The molecule has 1 aromatic heterocycles. The Balaban J connectivity index is 3.16. The Morgan fingerprint density at radius 3 is 2.82 bits per heavy atom. The second kappa shape index (κ2) is 5.30. The zero-order valence-electron chi connectivity index (χ0n) is 10.1. The van der Waals surface area contributed by atoms with E-state index in [2.05, 4.69) is 4.98 Å². The first-order valence-corrected chi connectivity index (χ1v) is 5.18. The highest BCUT2D eigenvalue weighted by Gasteiger charge is 2.38. The van der Waals surface area contributed by atoms with Crippen LogP contribution in [0.15, 0.2) is 18.2 Å². The van der Waals surface area contributed by atoms with Crippen molar-refractivity contribution >= 4 is 5.97 Å². The van der Waals surface area contributed by atoms with Gasteiger partial charge in [0.1, 0.15) is 0 Å². The molecule has 0 saturated heterocycles.